The smallest absolute Gasteiger partial charge is 0.152 e. The molecule has 1 aromatic heterocycles. The lowest BCUT2D eigenvalue weighted by Crippen LogP contribution is -1.93. The molecule has 1 saturated carbocycles. The molecule has 20 heavy (non-hydrogen) atoms. The van der Waals surface area contributed by atoms with Gasteiger partial charge >= 0.3 is 0 Å². The van der Waals surface area contributed by atoms with Crippen molar-refractivity contribution < 1.29 is 4.74 Å². The fourth-order valence-corrected chi connectivity index (χ4v) is 4.99. The maximum atomic E-state index is 6.16. The molecular formula is C15H18N2OS2. The maximum Gasteiger partial charge on any atom is 0.152 e. The molecule has 0 spiro atoms. The summed E-state index contributed by atoms with van der Waals surface area (Å²) in [6.07, 6.45) is 5.29. The number of thioether (sulfide) groups is 1. The molecular weight excluding hydrogens is 288 g/mol. The minimum absolute atomic E-state index is 0.714. The largest absolute Gasteiger partial charge is 0.496 e. The number of hydrogen-bond donors (Lipinski definition) is 1. The van der Waals surface area contributed by atoms with Crippen LogP contribution in [0.4, 0.5) is 5.00 Å². The monoisotopic (exact) mass is 306 g/mol. The molecule has 106 valence electrons. The van der Waals surface area contributed by atoms with E-state index in [-0.39, 0.29) is 0 Å². The van der Waals surface area contributed by atoms with Gasteiger partial charge in [-0.1, -0.05) is 48.1 Å². The number of nitrogens with zero attached hydrogens (tertiary/aromatic N) is 1. The third-order valence-electron chi connectivity index (χ3n) is 3.57. The molecule has 1 fully saturated rings. The van der Waals surface area contributed by atoms with Crippen LogP contribution in [-0.2, 0) is 0 Å². The van der Waals surface area contributed by atoms with Crippen molar-refractivity contribution in [2.75, 3.05) is 12.8 Å². The van der Waals surface area contributed by atoms with Crippen LogP contribution in [0.5, 0.6) is 5.75 Å². The lowest BCUT2D eigenvalue weighted by Gasteiger charge is -2.06. The number of rotatable bonds is 4. The summed E-state index contributed by atoms with van der Waals surface area (Å²) in [5, 5.41) is 1.49. The number of nitrogens with two attached hydrogens (primary N) is 1. The summed E-state index contributed by atoms with van der Waals surface area (Å²) in [4.78, 5) is 4.73. The van der Waals surface area contributed by atoms with Crippen molar-refractivity contribution in [1.29, 1.82) is 0 Å². The van der Waals surface area contributed by atoms with Gasteiger partial charge in [0.2, 0.25) is 0 Å². The normalized spacial score (nSPS) is 15.7. The topological polar surface area (TPSA) is 48.1 Å². The summed E-state index contributed by atoms with van der Waals surface area (Å²) in [5.41, 5.74) is 7.99. The van der Waals surface area contributed by atoms with Gasteiger partial charge in [0.15, 0.2) is 4.34 Å². The van der Waals surface area contributed by atoms with Crippen LogP contribution in [0.15, 0.2) is 28.6 Å². The Bertz CT molecular complexity index is 591. The second-order valence-electron chi connectivity index (χ2n) is 4.92. The van der Waals surface area contributed by atoms with E-state index in [9.17, 15) is 0 Å². The number of nitrogen functional groups attached to an aromatic ring is 1. The first-order chi connectivity index (χ1) is 9.78. The van der Waals surface area contributed by atoms with E-state index >= 15 is 0 Å². The summed E-state index contributed by atoms with van der Waals surface area (Å²) in [6.45, 7) is 0. The second kappa shape index (κ2) is 6.06. The molecule has 0 aliphatic heterocycles. The van der Waals surface area contributed by atoms with E-state index in [0.29, 0.717) is 5.25 Å². The number of aromatic nitrogens is 1. The average Bonchev–Trinajstić information content (AvgIpc) is 3.09. The highest BCUT2D eigenvalue weighted by Gasteiger charge is 2.20. The molecule has 1 heterocycles. The molecule has 1 aromatic carbocycles. The number of methoxy groups -OCH3 is 1. The third-order valence-corrected chi connectivity index (χ3v) is 5.88. The van der Waals surface area contributed by atoms with E-state index in [1.165, 1.54) is 25.7 Å². The van der Waals surface area contributed by atoms with Crippen LogP contribution in [0.3, 0.4) is 0 Å². The van der Waals surface area contributed by atoms with Gasteiger partial charge in [-0.2, -0.15) is 0 Å². The zero-order valence-electron chi connectivity index (χ0n) is 11.5. The average molecular weight is 306 g/mol. The Labute approximate surface area is 127 Å². The van der Waals surface area contributed by atoms with Gasteiger partial charge in [0.05, 0.1) is 7.11 Å². The predicted molar refractivity (Wildman–Crippen MR) is 86.6 cm³/mol. The quantitative estimate of drug-likeness (QED) is 0.907. The van der Waals surface area contributed by atoms with Gasteiger partial charge < -0.3 is 10.5 Å². The van der Waals surface area contributed by atoms with Gasteiger partial charge in [-0.05, 0) is 25.0 Å². The van der Waals surface area contributed by atoms with Gasteiger partial charge in [-0.3, -0.25) is 0 Å². The molecule has 2 aromatic rings. The van der Waals surface area contributed by atoms with Gasteiger partial charge in [-0.25, -0.2) is 4.98 Å². The summed E-state index contributed by atoms with van der Waals surface area (Å²) in [5.74, 6) is 0.821. The number of anilines is 1. The highest BCUT2D eigenvalue weighted by Crippen LogP contribution is 2.42. The van der Waals surface area contributed by atoms with Crippen LogP contribution < -0.4 is 10.5 Å². The van der Waals surface area contributed by atoms with E-state index in [0.717, 1.165) is 26.3 Å². The molecule has 3 nitrogen and oxygen atoms in total. The standard InChI is InChI=1S/C15H18N2OS2/c1-18-12-9-5-4-8-11(12)13-14(16)20-15(17-13)19-10-6-2-3-7-10/h4-5,8-10H,2-3,6-7,16H2,1H3. The molecule has 1 aliphatic carbocycles. The fraction of sp³-hybridized carbons (Fsp3) is 0.400. The molecule has 0 bridgehead atoms. The van der Waals surface area contributed by atoms with Crippen molar-refractivity contribution in [2.45, 2.75) is 35.3 Å². The highest BCUT2D eigenvalue weighted by atomic mass is 32.2. The molecule has 0 radical (unpaired) electrons. The van der Waals surface area contributed by atoms with E-state index in [2.05, 4.69) is 0 Å². The Morgan fingerprint density at radius 3 is 2.80 bits per heavy atom. The van der Waals surface area contributed by atoms with E-state index in [1.54, 1.807) is 18.4 Å². The minimum Gasteiger partial charge on any atom is -0.496 e. The second-order valence-corrected chi connectivity index (χ2v) is 7.50. The van der Waals surface area contributed by atoms with Crippen LogP contribution in [-0.4, -0.2) is 17.3 Å². The Morgan fingerprint density at radius 1 is 1.30 bits per heavy atom. The third kappa shape index (κ3) is 2.79. The highest BCUT2D eigenvalue weighted by molar-refractivity contribution is 8.01. The minimum atomic E-state index is 0.714. The van der Waals surface area contributed by atoms with Crippen molar-refractivity contribution in [3.05, 3.63) is 24.3 Å². The zero-order valence-corrected chi connectivity index (χ0v) is 13.1. The first kappa shape index (κ1) is 13.8. The summed E-state index contributed by atoms with van der Waals surface area (Å²) in [7, 11) is 1.68. The first-order valence-corrected chi connectivity index (χ1v) is 8.54. The van der Waals surface area contributed by atoms with Gasteiger partial charge in [0.25, 0.3) is 0 Å². The van der Waals surface area contributed by atoms with Crippen LogP contribution >= 0.6 is 23.1 Å². The van der Waals surface area contributed by atoms with E-state index < -0.39 is 0 Å². The van der Waals surface area contributed by atoms with Crippen molar-refractivity contribution in [1.82, 2.24) is 4.98 Å². The van der Waals surface area contributed by atoms with Crippen LogP contribution in [0.1, 0.15) is 25.7 Å². The number of para-hydroxylation sites is 1. The van der Waals surface area contributed by atoms with Crippen LogP contribution in [0.25, 0.3) is 11.3 Å². The molecule has 1 aliphatic rings. The van der Waals surface area contributed by atoms with Crippen molar-refractivity contribution in [2.24, 2.45) is 0 Å². The number of hydrogen-bond acceptors (Lipinski definition) is 5. The summed E-state index contributed by atoms with van der Waals surface area (Å²) < 4.78 is 6.48. The SMILES string of the molecule is COc1ccccc1-c1nc(SC2CCCC2)sc1N. The van der Waals surface area contributed by atoms with Crippen LogP contribution in [0.2, 0.25) is 0 Å². The Hall–Kier alpha value is -1.20. The molecule has 2 N–H and O–H groups in total. The molecule has 0 amide bonds. The summed E-state index contributed by atoms with van der Waals surface area (Å²) >= 11 is 3.47. The molecule has 3 rings (SSSR count). The van der Waals surface area contributed by atoms with Crippen molar-refractivity contribution in [3.63, 3.8) is 0 Å². The van der Waals surface area contributed by atoms with E-state index in [4.69, 9.17) is 15.5 Å². The van der Waals surface area contributed by atoms with Gasteiger partial charge in [-0.15, -0.1) is 0 Å². The fourth-order valence-electron chi connectivity index (χ4n) is 2.54. The Morgan fingerprint density at radius 2 is 2.05 bits per heavy atom. The van der Waals surface area contributed by atoms with Gasteiger partial charge in [0.1, 0.15) is 16.4 Å². The zero-order chi connectivity index (χ0) is 13.9. The molecule has 5 heteroatoms. The number of thiazole rings is 1. The Balaban J connectivity index is 1.88. The molecule has 0 atom stereocenters. The van der Waals surface area contributed by atoms with Crippen molar-refractivity contribution in [3.8, 4) is 17.0 Å². The predicted octanol–water partition coefficient (Wildman–Crippen LogP) is 4.44. The molecule has 0 saturated heterocycles. The lowest BCUT2D eigenvalue weighted by atomic mass is 10.1. The van der Waals surface area contributed by atoms with Crippen LogP contribution in [0, 0.1) is 0 Å². The first-order valence-electron chi connectivity index (χ1n) is 6.84. The van der Waals surface area contributed by atoms with Crippen molar-refractivity contribution >= 4 is 28.1 Å². The number of ether oxygens (including phenoxy) is 1. The number of benzene rings is 1. The molecule has 0 unspecified atom stereocenters. The van der Waals surface area contributed by atoms with Gasteiger partial charge in [0, 0.05) is 10.8 Å². The van der Waals surface area contributed by atoms with E-state index in [1.807, 2.05) is 36.0 Å². The maximum absolute atomic E-state index is 6.16. The Kier molecular flexibility index (Phi) is 4.17. The summed E-state index contributed by atoms with van der Waals surface area (Å²) in [6, 6.07) is 7.89. The lowest BCUT2D eigenvalue weighted by molar-refractivity contribution is 0.416.